The highest BCUT2D eigenvalue weighted by molar-refractivity contribution is 5.93. The highest BCUT2D eigenvalue weighted by atomic mass is 16.5. The fourth-order valence-corrected chi connectivity index (χ4v) is 1.67. The van der Waals surface area contributed by atoms with E-state index in [1.807, 2.05) is 0 Å². The number of aromatic nitrogens is 1. The van der Waals surface area contributed by atoms with E-state index in [9.17, 15) is 4.79 Å². The molecule has 0 aliphatic carbocycles. The fraction of sp³-hybridized carbons (Fsp3) is 0.200. The van der Waals surface area contributed by atoms with Crippen LogP contribution in [0.4, 0.5) is 5.69 Å². The van der Waals surface area contributed by atoms with Crippen LogP contribution < -0.4 is 15.2 Å². The number of methoxy groups -OCH3 is 1. The second kappa shape index (κ2) is 6.13. The third kappa shape index (κ3) is 3.42. The molecule has 1 aromatic carbocycles. The molecule has 0 spiro atoms. The molecule has 6 heteroatoms. The minimum atomic E-state index is -0.116. The van der Waals surface area contributed by atoms with Crippen LogP contribution in [-0.2, 0) is 0 Å². The van der Waals surface area contributed by atoms with E-state index >= 15 is 0 Å². The molecule has 0 radical (unpaired) electrons. The number of nitrogen functional groups attached to an aromatic ring is 1. The van der Waals surface area contributed by atoms with Gasteiger partial charge in [0.15, 0.2) is 5.75 Å². The van der Waals surface area contributed by atoms with Gasteiger partial charge in [-0.1, -0.05) is 0 Å². The van der Waals surface area contributed by atoms with Crippen molar-refractivity contribution in [3.63, 3.8) is 0 Å². The van der Waals surface area contributed by atoms with Crippen molar-refractivity contribution < 1.29 is 14.3 Å². The molecule has 2 N–H and O–H groups in total. The van der Waals surface area contributed by atoms with Crippen molar-refractivity contribution in [1.82, 2.24) is 9.88 Å². The number of nitrogens with two attached hydrogens (primary N) is 1. The van der Waals surface area contributed by atoms with E-state index in [0.29, 0.717) is 28.6 Å². The van der Waals surface area contributed by atoms with E-state index in [-0.39, 0.29) is 5.91 Å². The molecule has 0 atom stereocenters. The molecule has 1 heterocycles. The van der Waals surface area contributed by atoms with Gasteiger partial charge in [-0.2, -0.15) is 0 Å². The van der Waals surface area contributed by atoms with Gasteiger partial charge in [-0.05, 0) is 18.2 Å². The minimum absolute atomic E-state index is 0.116. The molecule has 0 aliphatic rings. The zero-order chi connectivity index (χ0) is 15.4. The van der Waals surface area contributed by atoms with Crippen LogP contribution >= 0.6 is 0 Å². The number of carbonyl (C=O) groups excluding carboxylic acids is 1. The Labute approximate surface area is 123 Å². The van der Waals surface area contributed by atoms with E-state index in [2.05, 4.69) is 4.98 Å². The molecule has 2 aromatic rings. The van der Waals surface area contributed by atoms with Crippen LogP contribution in [0.15, 0.2) is 36.5 Å². The average molecular weight is 287 g/mol. The Kier molecular flexibility index (Phi) is 4.27. The Balaban J connectivity index is 2.19. The van der Waals surface area contributed by atoms with Gasteiger partial charge in [-0.3, -0.25) is 4.79 Å². The number of pyridine rings is 1. The Hall–Kier alpha value is -2.76. The summed E-state index contributed by atoms with van der Waals surface area (Å²) in [5.41, 5.74) is 6.81. The van der Waals surface area contributed by atoms with E-state index < -0.39 is 0 Å². The number of carbonyl (C=O) groups is 1. The Morgan fingerprint density at radius 3 is 2.57 bits per heavy atom. The number of hydrogen-bond acceptors (Lipinski definition) is 5. The van der Waals surface area contributed by atoms with Crippen LogP contribution in [-0.4, -0.2) is 37.0 Å². The smallest absolute Gasteiger partial charge is 0.254 e. The van der Waals surface area contributed by atoms with Crippen LogP contribution in [0.25, 0.3) is 0 Å². The standard InChI is InChI=1S/C15H17N3O3/c1-18(2)15(19)10-4-7-14(17-9-10)21-13-8-11(20-3)5-6-12(13)16/h4-9H,16H2,1-3H3. The maximum Gasteiger partial charge on any atom is 0.254 e. The molecular formula is C15H17N3O3. The molecule has 6 nitrogen and oxygen atoms in total. The number of ether oxygens (including phenoxy) is 2. The lowest BCUT2D eigenvalue weighted by Crippen LogP contribution is -2.21. The van der Waals surface area contributed by atoms with Crippen LogP contribution in [0, 0.1) is 0 Å². The third-order valence-corrected chi connectivity index (χ3v) is 2.82. The van der Waals surface area contributed by atoms with Crippen molar-refractivity contribution in [3.05, 3.63) is 42.1 Å². The molecular weight excluding hydrogens is 270 g/mol. The van der Waals surface area contributed by atoms with E-state index in [0.717, 1.165) is 0 Å². The number of rotatable bonds is 4. The Morgan fingerprint density at radius 1 is 1.24 bits per heavy atom. The number of benzene rings is 1. The number of nitrogens with zero attached hydrogens (tertiary/aromatic N) is 2. The first-order chi connectivity index (χ1) is 10.0. The predicted octanol–water partition coefficient (Wildman–Crippen LogP) is 2.17. The van der Waals surface area contributed by atoms with Crippen molar-refractivity contribution >= 4 is 11.6 Å². The monoisotopic (exact) mass is 287 g/mol. The first-order valence-electron chi connectivity index (χ1n) is 6.30. The number of hydrogen-bond donors (Lipinski definition) is 1. The summed E-state index contributed by atoms with van der Waals surface area (Å²) in [5.74, 6) is 1.33. The summed E-state index contributed by atoms with van der Waals surface area (Å²) in [6.07, 6.45) is 1.47. The van der Waals surface area contributed by atoms with E-state index in [1.54, 1.807) is 51.5 Å². The number of anilines is 1. The highest BCUT2D eigenvalue weighted by Gasteiger charge is 2.10. The van der Waals surface area contributed by atoms with Crippen LogP contribution in [0.3, 0.4) is 0 Å². The average Bonchev–Trinajstić information content (AvgIpc) is 2.49. The molecule has 0 fully saturated rings. The molecule has 2 rings (SSSR count). The van der Waals surface area contributed by atoms with Gasteiger partial charge in [-0.15, -0.1) is 0 Å². The first-order valence-corrected chi connectivity index (χ1v) is 6.30. The molecule has 0 saturated carbocycles. The summed E-state index contributed by atoms with van der Waals surface area (Å²) in [4.78, 5) is 17.4. The fourth-order valence-electron chi connectivity index (χ4n) is 1.67. The molecule has 1 amide bonds. The van der Waals surface area contributed by atoms with Crippen LogP contribution in [0.1, 0.15) is 10.4 Å². The molecule has 21 heavy (non-hydrogen) atoms. The van der Waals surface area contributed by atoms with E-state index in [1.165, 1.54) is 11.1 Å². The van der Waals surface area contributed by atoms with Gasteiger partial charge in [0.05, 0.1) is 18.4 Å². The lowest BCUT2D eigenvalue weighted by atomic mass is 10.2. The summed E-state index contributed by atoms with van der Waals surface area (Å²) in [5, 5.41) is 0. The molecule has 0 bridgehead atoms. The summed E-state index contributed by atoms with van der Waals surface area (Å²) in [6, 6.07) is 8.39. The third-order valence-electron chi connectivity index (χ3n) is 2.82. The summed E-state index contributed by atoms with van der Waals surface area (Å²) in [7, 11) is 4.93. The molecule has 0 unspecified atom stereocenters. The normalized spacial score (nSPS) is 10.0. The molecule has 110 valence electrons. The van der Waals surface area contributed by atoms with Gasteiger partial charge >= 0.3 is 0 Å². The van der Waals surface area contributed by atoms with Gasteiger partial charge in [0.2, 0.25) is 5.88 Å². The Morgan fingerprint density at radius 2 is 2.00 bits per heavy atom. The molecule has 0 saturated heterocycles. The van der Waals surface area contributed by atoms with Gasteiger partial charge in [0.1, 0.15) is 5.75 Å². The SMILES string of the molecule is COc1ccc(N)c(Oc2ccc(C(=O)N(C)C)cn2)c1. The first kappa shape index (κ1) is 14.6. The minimum Gasteiger partial charge on any atom is -0.497 e. The predicted molar refractivity (Wildman–Crippen MR) is 79.7 cm³/mol. The van der Waals surface area contributed by atoms with Gasteiger partial charge in [-0.25, -0.2) is 4.98 Å². The van der Waals surface area contributed by atoms with E-state index in [4.69, 9.17) is 15.2 Å². The lowest BCUT2D eigenvalue weighted by molar-refractivity contribution is 0.0827. The zero-order valence-corrected chi connectivity index (χ0v) is 12.2. The largest absolute Gasteiger partial charge is 0.497 e. The molecule has 1 aromatic heterocycles. The van der Waals surface area contributed by atoms with Gasteiger partial charge in [0.25, 0.3) is 5.91 Å². The van der Waals surface area contributed by atoms with Crippen molar-refractivity contribution in [2.24, 2.45) is 0 Å². The second-order valence-corrected chi connectivity index (χ2v) is 4.59. The van der Waals surface area contributed by atoms with Gasteiger partial charge < -0.3 is 20.1 Å². The van der Waals surface area contributed by atoms with Crippen molar-refractivity contribution in [1.29, 1.82) is 0 Å². The van der Waals surface area contributed by atoms with Crippen molar-refractivity contribution in [2.45, 2.75) is 0 Å². The maximum atomic E-state index is 11.8. The van der Waals surface area contributed by atoms with Gasteiger partial charge in [0, 0.05) is 32.4 Å². The maximum absolute atomic E-state index is 11.8. The topological polar surface area (TPSA) is 77.7 Å². The number of amides is 1. The zero-order valence-electron chi connectivity index (χ0n) is 12.2. The quantitative estimate of drug-likeness (QED) is 0.872. The summed E-state index contributed by atoms with van der Waals surface area (Å²) >= 11 is 0. The molecule has 0 aliphatic heterocycles. The summed E-state index contributed by atoms with van der Waals surface area (Å²) in [6.45, 7) is 0. The lowest BCUT2D eigenvalue weighted by Gasteiger charge is -2.11. The highest BCUT2D eigenvalue weighted by Crippen LogP contribution is 2.30. The van der Waals surface area contributed by atoms with Crippen LogP contribution in [0.2, 0.25) is 0 Å². The Bertz CT molecular complexity index is 639. The summed E-state index contributed by atoms with van der Waals surface area (Å²) < 4.78 is 10.7. The van der Waals surface area contributed by atoms with Crippen LogP contribution in [0.5, 0.6) is 17.4 Å². The second-order valence-electron chi connectivity index (χ2n) is 4.59. The van der Waals surface area contributed by atoms with Crippen molar-refractivity contribution in [2.75, 3.05) is 26.9 Å². The van der Waals surface area contributed by atoms with Crippen molar-refractivity contribution in [3.8, 4) is 17.4 Å².